The maximum atomic E-state index is 3.68. The van der Waals surface area contributed by atoms with Crippen molar-refractivity contribution in [2.45, 2.75) is 65.3 Å². The Kier molecular flexibility index (Phi) is 7.54. The summed E-state index contributed by atoms with van der Waals surface area (Å²) >= 11 is 1.87. The predicted molar refractivity (Wildman–Crippen MR) is 78.8 cm³/mol. The summed E-state index contributed by atoms with van der Waals surface area (Å²) in [7, 11) is 0. The molecule has 0 bridgehead atoms. The van der Waals surface area contributed by atoms with Crippen molar-refractivity contribution in [2.24, 2.45) is 0 Å². The van der Waals surface area contributed by atoms with Gasteiger partial charge >= 0.3 is 0 Å². The third-order valence-corrected chi connectivity index (χ3v) is 4.02. The van der Waals surface area contributed by atoms with Gasteiger partial charge in [0, 0.05) is 10.9 Å². The molecule has 1 unspecified atom stereocenters. The monoisotopic (exact) mass is 253 g/mol. The van der Waals surface area contributed by atoms with Crippen molar-refractivity contribution in [3.8, 4) is 0 Å². The van der Waals surface area contributed by atoms with Crippen molar-refractivity contribution in [1.82, 2.24) is 5.32 Å². The summed E-state index contributed by atoms with van der Waals surface area (Å²) in [6.07, 6.45) is 7.94. The van der Waals surface area contributed by atoms with Crippen LogP contribution >= 0.6 is 11.3 Å². The molecule has 0 aliphatic carbocycles. The number of hydrogen-bond acceptors (Lipinski definition) is 2. The Hall–Kier alpha value is -0.340. The minimum absolute atomic E-state index is 0.580. The van der Waals surface area contributed by atoms with E-state index in [-0.39, 0.29) is 0 Å². The van der Waals surface area contributed by atoms with E-state index in [1.807, 2.05) is 11.3 Å². The number of rotatable bonds is 9. The van der Waals surface area contributed by atoms with Gasteiger partial charge in [-0.25, -0.2) is 0 Å². The highest BCUT2D eigenvalue weighted by atomic mass is 32.1. The van der Waals surface area contributed by atoms with E-state index in [2.05, 4.69) is 37.5 Å². The van der Waals surface area contributed by atoms with E-state index in [1.54, 1.807) is 0 Å². The molecular weight excluding hydrogens is 226 g/mol. The highest BCUT2D eigenvalue weighted by Gasteiger charge is 2.11. The largest absolute Gasteiger partial charge is 0.310 e. The van der Waals surface area contributed by atoms with Gasteiger partial charge in [0.1, 0.15) is 0 Å². The molecule has 1 aromatic rings. The summed E-state index contributed by atoms with van der Waals surface area (Å²) in [5.74, 6) is 0. The van der Waals surface area contributed by atoms with Crippen molar-refractivity contribution >= 4 is 11.3 Å². The van der Waals surface area contributed by atoms with E-state index in [1.165, 1.54) is 49.0 Å². The second kappa shape index (κ2) is 8.71. The van der Waals surface area contributed by atoms with Gasteiger partial charge in [0.2, 0.25) is 0 Å². The maximum Gasteiger partial charge on any atom is 0.0328 e. The molecule has 1 aromatic heterocycles. The zero-order valence-electron chi connectivity index (χ0n) is 11.6. The Morgan fingerprint density at radius 3 is 2.59 bits per heavy atom. The second-order valence-corrected chi connectivity index (χ2v) is 5.96. The summed E-state index contributed by atoms with van der Waals surface area (Å²) < 4.78 is 0. The van der Waals surface area contributed by atoms with Crippen LogP contribution in [0, 0.1) is 6.92 Å². The van der Waals surface area contributed by atoms with E-state index in [0.717, 1.165) is 6.54 Å². The van der Waals surface area contributed by atoms with Crippen LogP contribution < -0.4 is 5.32 Å². The number of nitrogens with one attached hydrogen (secondary N) is 1. The number of unbranched alkanes of at least 4 members (excludes halogenated alkanes) is 3. The summed E-state index contributed by atoms with van der Waals surface area (Å²) in [6.45, 7) is 7.84. The lowest BCUT2D eigenvalue weighted by molar-refractivity contribution is 0.471. The summed E-state index contributed by atoms with van der Waals surface area (Å²) in [5.41, 5.74) is 1.50. The zero-order chi connectivity index (χ0) is 12.5. The molecule has 1 nitrogen and oxygen atoms in total. The molecule has 0 spiro atoms. The standard InChI is InChI=1S/C15H27NS/c1-4-6-7-8-9-15(16-10-5-2)14-11-13(3)17-12-14/h11-12,15-16H,4-10H2,1-3H3. The first-order chi connectivity index (χ1) is 8.27. The average Bonchev–Trinajstić information content (AvgIpc) is 2.75. The van der Waals surface area contributed by atoms with E-state index in [0.29, 0.717) is 6.04 Å². The summed E-state index contributed by atoms with van der Waals surface area (Å²) in [5, 5.41) is 6.00. The van der Waals surface area contributed by atoms with Crippen LogP contribution in [-0.4, -0.2) is 6.54 Å². The Morgan fingerprint density at radius 1 is 1.18 bits per heavy atom. The van der Waals surface area contributed by atoms with Gasteiger partial charge in [-0.1, -0.05) is 39.5 Å². The van der Waals surface area contributed by atoms with Gasteiger partial charge in [0.15, 0.2) is 0 Å². The third kappa shape index (κ3) is 5.69. The molecule has 17 heavy (non-hydrogen) atoms. The Balaban J connectivity index is 2.42. The molecule has 0 radical (unpaired) electrons. The van der Waals surface area contributed by atoms with Gasteiger partial charge in [-0.05, 0) is 43.3 Å². The highest BCUT2D eigenvalue weighted by molar-refractivity contribution is 7.10. The minimum atomic E-state index is 0.580. The molecule has 0 fully saturated rings. The first kappa shape index (κ1) is 14.7. The average molecular weight is 253 g/mol. The Labute approximate surface area is 111 Å². The minimum Gasteiger partial charge on any atom is -0.310 e. The van der Waals surface area contributed by atoms with Crippen LogP contribution in [0.15, 0.2) is 11.4 Å². The number of thiophene rings is 1. The molecular formula is C15H27NS. The molecule has 0 amide bonds. The molecule has 1 heterocycles. The Morgan fingerprint density at radius 2 is 2.00 bits per heavy atom. The molecule has 0 saturated carbocycles. The van der Waals surface area contributed by atoms with Crippen LogP contribution in [0.2, 0.25) is 0 Å². The molecule has 0 aliphatic heterocycles. The van der Waals surface area contributed by atoms with Gasteiger partial charge in [0.25, 0.3) is 0 Å². The topological polar surface area (TPSA) is 12.0 Å². The van der Waals surface area contributed by atoms with E-state index in [9.17, 15) is 0 Å². The van der Waals surface area contributed by atoms with E-state index < -0.39 is 0 Å². The lowest BCUT2D eigenvalue weighted by Gasteiger charge is -2.17. The van der Waals surface area contributed by atoms with E-state index >= 15 is 0 Å². The SMILES string of the molecule is CCCCCCC(NCCC)c1csc(C)c1. The lowest BCUT2D eigenvalue weighted by Crippen LogP contribution is -2.21. The smallest absolute Gasteiger partial charge is 0.0328 e. The van der Waals surface area contributed by atoms with Gasteiger partial charge < -0.3 is 5.32 Å². The first-order valence-electron chi connectivity index (χ1n) is 7.06. The Bertz CT molecular complexity index is 293. The molecule has 1 atom stereocenters. The molecule has 0 saturated heterocycles. The summed E-state index contributed by atoms with van der Waals surface area (Å²) in [4.78, 5) is 1.43. The maximum absolute atomic E-state index is 3.68. The van der Waals surface area contributed by atoms with Crippen molar-refractivity contribution in [2.75, 3.05) is 6.54 Å². The van der Waals surface area contributed by atoms with Gasteiger partial charge in [0.05, 0.1) is 0 Å². The van der Waals surface area contributed by atoms with Crippen LogP contribution in [0.4, 0.5) is 0 Å². The first-order valence-corrected chi connectivity index (χ1v) is 7.94. The predicted octanol–water partition coefficient (Wildman–Crippen LogP) is 5.07. The molecule has 0 aromatic carbocycles. The van der Waals surface area contributed by atoms with Crippen molar-refractivity contribution in [3.63, 3.8) is 0 Å². The molecule has 1 N–H and O–H groups in total. The fraction of sp³-hybridized carbons (Fsp3) is 0.733. The van der Waals surface area contributed by atoms with Crippen LogP contribution in [0.1, 0.15) is 68.9 Å². The van der Waals surface area contributed by atoms with Crippen LogP contribution in [0.25, 0.3) is 0 Å². The fourth-order valence-electron chi connectivity index (χ4n) is 2.13. The molecule has 2 heteroatoms. The van der Waals surface area contributed by atoms with Crippen molar-refractivity contribution in [3.05, 3.63) is 21.9 Å². The number of hydrogen-bond donors (Lipinski definition) is 1. The van der Waals surface area contributed by atoms with Gasteiger partial charge in [-0.15, -0.1) is 11.3 Å². The van der Waals surface area contributed by atoms with Crippen molar-refractivity contribution < 1.29 is 0 Å². The normalized spacial score (nSPS) is 12.9. The molecule has 1 rings (SSSR count). The quantitative estimate of drug-likeness (QED) is 0.606. The molecule has 0 aliphatic rings. The van der Waals surface area contributed by atoms with Crippen LogP contribution in [0.3, 0.4) is 0 Å². The number of aryl methyl sites for hydroxylation is 1. The summed E-state index contributed by atoms with van der Waals surface area (Å²) in [6, 6.07) is 2.93. The third-order valence-electron chi connectivity index (χ3n) is 3.14. The molecule has 98 valence electrons. The fourth-order valence-corrected chi connectivity index (χ4v) is 2.89. The van der Waals surface area contributed by atoms with Gasteiger partial charge in [-0.3, -0.25) is 0 Å². The van der Waals surface area contributed by atoms with E-state index in [4.69, 9.17) is 0 Å². The van der Waals surface area contributed by atoms with Gasteiger partial charge in [-0.2, -0.15) is 0 Å². The highest BCUT2D eigenvalue weighted by Crippen LogP contribution is 2.24. The zero-order valence-corrected chi connectivity index (χ0v) is 12.4. The second-order valence-electron chi connectivity index (χ2n) is 4.85. The van der Waals surface area contributed by atoms with Crippen molar-refractivity contribution in [1.29, 1.82) is 0 Å². The van der Waals surface area contributed by atoms with Crippen LogP contribution in [-0.2, 0) is 0 Å². The lowest BCUT2D eigenvalue weighted by atomic mass is 10.0. The van der Waals surface area contributed by atoms with Crippen LogP contribution in [0.5, 0.6) is 0 Å².